The van der Waals surface area contributed by atoms with Crippen molar-refractivity contribution < 1.29 is 19.5 Å². The fourth-order valence-electron chi connectivity index (χ4n) is 3.37. The molecule has 2 N–H and O–H groups in total. The first-order chi connectivity index (χ1) is 10.8. The van der Waals surface area contributed by atoms with Crippen molar-refractivity contribution in [3.63, 3.8) is 0 Å². The number of carboxylic acid groups (broad SMARTS) is 1. The molecule has 0 aromatic rings. The van der Waals surface area contributed by atoms with E-state index in [0.717, 1.165) is 25.7 Å². The van der Waals surface area contributed by atoms with Gasteiger partial charge in [-0.2, -0.15) is 0 Å². The third-order valence-corrected chi connectivity index (χ3v) is 5.18. The van der Waals surface area contributed by atoms with E-state index in [9.17, 15) is 19.5 Å². The average molecular weight is 325 g/mol. The fraction of sp³-hybridized carbons (Fsp3) is 0.812. The van der Waals surface area contributed by atoms with Crippen LogP contribution in [0.25, 0.3) is 0 Å². The SMILES string of the molecule is CN(C(=O)CNC(=O)N1CCC(C)(C(=O)O)C1)C1CCCCC1. The monoisotopic (exact) mass is 325 g/mol. The van der Waals surface area contributed by atoms with Gasteiger partial charge in [0.05, 0.1) is 12.0 Å². The normalized spacial score (nSPS) is 25.2. The third-order valence-electron chi connectivity index (χ3n) is 5.18. The van der Waals surface area contributed by atoms with Crippen molar-refractivity contribution >= 4 is 17.9 Å². The van der Waals surface area contributed by atoms with Crippen LogP contribution < -0.4 is 5.32 Å². The molecule has 23 heavy (non-hydrogen) atoms. The maximum absolute atomic E-state index is 12.2. The number of likely N-dealkylation sites (N-methyl/N-ethyl adjacent to an activating group) is 1. The lowest BCUT2D eigenvalue weighted by atomic mass is 9.90. The molecule has 1 unspecified atom stereocenters. The zero-order valence-electron chi connectivity index (χ0n) is 14.0. The number of carbonyl (C=O) groups excluding carboxylic acids is 2. The molecule has 0 bridgehead atoms. The quantitative estimate of drug-likeness (QED) is 0.815. The molecular formula is C16H27N3O4. The highest BCUT2D eigenvalue weighted by Gasteiger charge is 2.42. The number of nitrogens with zero attached hydrogens (tertiary/aromatic N) is 2. The number of rotatable bonds is 4. The number of carbonyl (C=O) groups is 3. The maximum atomic E-state index is 12.2. The van der Waals surface area contributed by atoms with Gasteiger partial charge < -0.3 is 20.2 Å². The smallest absolute Gasteiger partial charge is 0.317 e. The number of urea groups is 1. The molecule has 1 saturated carbocycles. The van der Waals surface area contributed by atoms with Crippen LogP contribution in [0.4, 0.5) is 4.79 Å². The first-order valence-corrected chi connectivity index (χ1v) is 8.35. The Morgan fingerprint density at radius 3 is 2.48 bits per heavy atom. The number of nitrogens with one attached hydrogen (secondary N) is 1. The third kappa shape index (κ3) is 4.14. The van der Waals surface area contributed by atoms with Gasteiger partial charge in [0.15, 0.2) is 0 Å². The van der Waals surface area contributed by atoms with Gasteiger partial charge in [0.25, 0.3) is 0 Å². The second-order valence-electron chi connectivity index (χ2n) is 6.99. The molecule has 0 spiro atoms. The lowest BCUT2D eigenvalue weighted by molar-refractivity contribution is -0.147. The van der Waals surface area contributed by atoms with E-state index in [-0.39, 0.29) is 31.1 Å². The van der Waals surface area contributed by atoms with E-state index in [2.05, 4.69) is 5.32 Å². The molecule has 1 heterocycles. The van der Waals surface area contributed by atoms with E-state index in [1.54, 1.807) is 18.9 Å². The van der Waals surface area contributed by atoms with Crippen molar-refractivity contribution in [1.82, 2.24) is 15.1 Å². The maximum Gasteiger partial charge on any atom is 0.317 e. The molecule has 1 aliphatic carbocycles. The second-order valence-corrected chi connectivity index (χ2v) is 6.99. The minimum atomic E-state index is -0.889. The summed E-state index contributed by atoms with van der Waals surface area (Å²) in [5, 5.41) is 11.8. The zero-order chi connectivity index (χ0) is 17.0. The molecule has 2 rings (SSSR count). The molecule has 3 amide bonds. The topological polar surface area (TPSA) is 90.0 Å². The van der Waals surface area contributed by atoms with Crippen molar-refractivity contribution in [2.24, 2.45) is 5.41 Å². The summed E-state index contributed by atoms with van der Waals surface area (Å²) in [5.74, 6) is -0.980. The van der Waals surface area contributed by atoms with Crippen LogP contribution in [0.3, 0.4) is 0 Å². The van der Waals surface area contributed by atoms with Gasteiger partial charge in [0.2, 0.25) is 5.91 Å². The molecule has 2 fully saturated rings. The van der Waals surface area contributed by atoms with Crippen molar-refractivity contribution in [2.45, 2.75) is 51.5 Å². The summed E-state index contributed by atoms with van der Waals surface area (Å²) < 4.78 is 0. The second kappa shape index (κ2) is 7.19. The molecule has 1 aliphatic heterocycles. The Morgan fingerprint density at radius 1 is 1.26 bits per heavy atom. The van der Waals surface area contributed by atoms with E-state index in [1.807, 2.05) is 0 Å². The predicted molar refractivity (Wildman–Crippen MR) is 85.0 cm³/mol. The Bertz CT molecular complexity index is 476. The molecule has 7 heteroatoms. The summed E-state index contributed by atoms with van der Waals surface area (Å²) in [6.07, 6.45) is 6.02. The van der Waals surface area contributed by atoms with Gasteiger partial charge in [0, 0.05) is 26.2 Å². The van der Waals surface area contributed by atoms with E-state index < -0.39 is 11.4 Å². The van der Waals surface area contributed by atoms with Gasteiger partial charge in [-0.05, 0) is 26.2 Å². The van der Waals surface area contributed by atoms with Gasteiger partial charge in [-0.1, -0.05) is 19.3 Å². The summed E-state index contributed by atoms with van der Waals surface area (Å²) in [5.41, 5.74) is -0.889. The molecule has 130 valence electrons. The van der Waals surface area contributed by atoms with Gasteiger partial charge in [-0.15, -0.1) is 0 Å². The molecule has 0 radical (unpaired) electrons. The van der Waals surface area contributed by atoms with Gasteiger partial charge in [-0.25, -0.2) is 4.79 Å². The molecule has 2 aliphatic rings. The Balaban J connectivity index is 1.78. The van der Waals surface area contributed by atoms with Crippen LogP contribution in [0.15, 0.2) is 0 Å². The Kier molecular flexibility index (Phi) is 5.49. The zero-order valence-corrected chi connectivity index (χ0v) is 14.0. The standard InChI is InChI=1S/C16H27N3O4/c1-16(14(21)22)8-9-19(11-16)15(23)17-10-13(20)18(2)12-6-4-3-5-7-12/h12H,3-11H2,1-2H3,(H,17,23)(H,21,22). The van der Waals surface area contributed by atoms with E-state index in [0.29, 0.717) is 13.0 Å². The van der Waals surface area contributed by atoms with Crippen LogP contribution in [-0.2, 0) is 9.59 Å². The van der Waals surface area contributed by atoms with Crippen LogP contribution in [0.5, 0.6) is 0 Å². The summed E-state index contributed by atoms with van der Waals surface area (Å²) in [7, 11) is 1.79. The Hall–Kier alpha value is -1.79. The molecular weight excluding hydrogens is 298 g/mol. The van der Waals surface area contributed by atoms with Crippen LogP contribution in [-0.4, -0.2) is 65.5 Å². The van der Waals surface area contributed by atoms with Crippen molar-refractivity contribution in [1.29, 1.82) is 0 Å². The van der Waals surface area contributed by atoms with E-state index >= 15 is 0 Å². The van der Waals surface area contributed by atoms with Crippen LogP contribution in [0.2, 0.25) is 0 Å². The number of aliphatic carboxylic acids is 1. The van der Waals surface area contributed by atoms with E-state index in [4.69, 9.17) is 0 Å². The average Bonchev–Trinajstić information content (AvgIpc) is 2.96. The van der Waals surface area contributed by atoms with Crippen molar-refractivity contribution in [3.8, 4) is 0 Å². The summed E-state index contributed by atoms with van der Waals surface area (Å²) in [4.78, 5) is 38.7. The minimum Gasteiger partial charge on any atom is -0.481 e. The molecule has 1 atom stereocenters. The summed E-state index contributed by atoms with van der Waals surface area (Å²) in [6, 6.07) is -0.0874. The molecule has 0 aromatic carbocycles. The first-order valence-electron chi connectivity index (χ1n) is 8.35. The van der Waals surface area contributed by atoms with Crippen LogP contribution in [0.1, 0.15) is 45.4 Å². The fourth-order valence-corrected chi connectivity index (χ4v) is 3.37. The minimum absolute atomic E-state index is 0.0356. The molecule has 0 aromatic heterocycles. The van der Waals surface area contributed by atoms with Gasteiger partial charge >= 0.3 is 12.0 Å². The van der Waals surface area contributed by atoms with Gasteiger partial charge in [-0.3, -0.25) is 9.59 Å². The highest BCUT2D eigenvalue weighted by atomic mass is 16.4. The number of hydrogen-bond donors (Lipinski definition) is 2. The number of hydrogen-bond acceptors (Lipinski definition) is 3. The number of likely N-dealkylation sites (tertiary alicyclic amines) is 1. The van der Waals surface area contributed by atoms with Gasteiger partial charge in [0.1, 0.15) is 0 Å². The largest absolute Gasteiger partial charge is 0.481 e. The van der Waals surface area contributed by atoms with Crippen LogP contribution in [0, 0.1) is 5.41 Å². The first kappa shape index (κ1) is 17.6. The predicted octanol–water partition coefficient (Wildman–Crippen LogP) is 1.28. The highest BCUT2D eigenvalue weighted by molar-refractivity contribution is 5.85. The Labute approximate surface area is 137 Å². The lowest BCUT2D eigenvalue weighted by Crippen LogP contribution is -2.47. The lowest BCUT2D eigenvalue weighted by Gasteiger charge is -2.31. The molecule has 7 nitrogen and oxygen atoms in total. The summed E-state index contributed by atoms with van der Waals surface area (Å²) >= 11 is 0. The van der Waals surface area contributed by atoms with Crippen molar-refractivity contribution in [3.05, 3.63) is 0 Å². The summed E-state index contributed by atoms with van der Waals surface area (Å²) in [6.45, 7) is 2.19. The number of amides is 3. The Morgan fingerprint density at radius 2 is 1.91 bits per heavy atom. The highest BCUT2D eigenvalue weighted by Crippen LogP contribution is 2.30. The van der Waals surface area contributed by atoms with E-state index in [1.165, 1.54) is 11.3 Å². The van der Waals surface area contributed by atoms with Crippen LogP contribution >= 0.6 is 0 Å². The number of carboxylic acids is 1. The van der Waals surface area contributed by atoms with Crippen molar-refractivity contribution in [2.75, 3.05) is 26.7 Å². The molecule has 1 saturated heterocycles.